The molecule has 0 radical (unpaired) electrons. The average Bonchev–Trinajstić information content (AvgIpc) is 2.96. The molecule has 1 saturated heterocycles. The molecule has 1 unspecified atom stereocenters. The fourth-order valence-corrected chi connectivity index (χ4v) is 2.07. The summed E-state index contributed by atoms with van der Waals surface area (Å²) in [7, 11) is 0. The Bertz CT molecular complexity index is 572. The fourth-order valence-electron chi connectivity index (χ4n) is 2.07. The molecule has 17 heavy (non-hydrogen) atoms. The molecule has 1 aliphatic rings. The first kappa shape index (κ1) is 10.2. The first-order valence-electron chi connectivity index (χ1n) is 5.46. The van der Waals surface area contributed by atoms with Gasteiger partial charge in [0.2, 0.25) is 0 Å². The Hall–Kier alpha value is -1.95. The summed E-state index contributed by atoms with van der Waals surface area (Å²) < 4.78 is 5.30. The number of nitrogens with zero attached hydrogens (tertiary/aromatic N) is 2. The molecule has 1 aliphatic heterocycles. The van der Waals surface area contributed by atoms with Crippen LogP contribution in [0.4, 0.5) is 5.69 Å². The van der Waals surface area contributed by atoms with E-state index in [1.54, 1.807) is 6.07 Å². The molecule has 0 saturated carbocycles. The highest BCUT2D eigenvalue weighted by Crippen LogP contribution is 2.26. The third-order valence-corrected chi connectivity index (χ3v) is 3.01. The Balaban J connectivity index is 2.03. The van der Waals surface area contributed by atoms with E-state index < -0.39 is 4.92 Å². The second-order valence-corrected chi connectivity index (χ2v) is 4.14. The van der Waals surface area contributed by atoms with E-state index in [0.29, 0.717) is 12.1 Å². The largest absolute Gasteiger partial charge is 0.381 e. The van der Waals surface area contributed by atoms with E-state index >= 15 is 0 Å². The van der Waals surface area contributed by atoms with Gasteiger partial charge in [0.05, 0.1) is 22.6 Å². The summed E-state index contributed by atoms with van der Waals surface area (Å²) in [4.78, 5) is 17.8. The normalized spacial score (nSPS) is 19.9. The van der Waals surface area contributed by atoms with Gasteiger partial charge in [-0.2, -0.15) is 0 Å². The van der Waals surface area contributed by atoms with Crippen LogP contribution >= 0.6 is 0 Å². The molecule has 0 spiro atoms. The van der Waals surface area contributed by atoms with Crippen molar-refractivity contribution in [1.82, 2.24) is 9.97 Å². The van der Waals surface area contributed by atoms with E-state index in [9.17, 15) is 10.1 Å². The smallest absolute Gasteiger partial charge is 0.271 e. The molecule has 1 atom stereocenters. The van der Waals surface area contributed by atoms with Crippen LogP contribution in [0.2, 0.25) is 0 Å². The number of hydrogen-bond donors (Lipinski definition) is 1. The van der Waals surface area contributed by atoms with Crippen LogP contribution in [-0.4, -0.2) is 28.1 Å². The number of non-ortho nitro benzene ring substituents is 1. The lowest BCUT2D eigenvalue weighted by Crippen LogP contribution is -1.99. The van der Waals surface area contributed by atoms with Gasteiger partial charge in [0.15, 0.2) is 0 Å². The Kier molecular flexibility index (Phi) is 2.29. The molecule has 1 aromatic carbocycles. The number of nitro benzene ring substituents is 1. The number of benzene rings is 1. The predicted octanol–water partition coefficient (Wildman–Crippen LogP) is 1.97. The van der Waals surface area contributed by atoms with Crippen molar-refractivity contribution in [3.8, 4) is 0 Å². The molecule has 1 N–H and O–H groups in total. The van der Waals surface area contributed by atoms with Crippen molar-refractivity contribution in [1.29, 1.82) is 0 Å². The summed E-state index contributed by atoms with van der Waals surface area (Å²) in [5.41, 5.74) is 1.55. The number of nitro groups is 1. The number of fused-ring (bicyclic) bond motifs is 1. The summed E-state index contributed by atoms with van der Waals surface area (Å²) in [6.45, 7) is 1.42. The van der Waals surface area contributed by atoms with E-state index in [1.165, 1.54) is 12.1 Å². The lowest BCUT2D eigenvalue weighted by molar-refractivity contribution is -0.384. The summed E-state index contributed by atoms with van der Waals surface area (Å²) in [6, 6.07) is 4.66. The van der Waals surface area contributed by atoms with Gasteiger partial charge in [-0.3, -0.25) is 10.1 Å². The third-order valence-electron chi connectivity index (χ3n) is 3.01. The van der Waals surface area contributed by atoms with Crippen LogP contribution < -0.4 is 0 Å². The van der Waals surface area contributed by atoms with Gasteiger partial charge >= 0.3 is 0 Å². The average molecular weight is 233 g/mol. The summed E-state index contributed by atoms with van der Waals surface area (Å²) in [5.74, 6) is 1.14. The Morgan fingerprint density at radius 3 is 3.12 bits per heavy atom. The van der Waals surface area contributed by atoms with Gasteiger partial charge in [-0.15, -0.1) is 0 Å². The number of rotatable bonds is 2. The van der Waals surface area contributed by atoms with Crippen molar-refractivity contribution >= 4 is 16.7 Å². The van der Waals surface area contributed by atoms with Crippen molar-refractivity contribution in [3.63, 3.8) is 0 Å². The summed E-state index contributed by atoms with van der Waals surface area (Å²) in [5, 5.41) is 10.7. The molecule has 0 amide bonds. The van der Waals surface area contributed by atoms with Crippen molar-refractivity contribution in [3.05, 3.63) is 34.1 Å². The SMILES string of the molecule is O=[N+]([O-])c1ccc2nc(C3CCOC3)[nH]c2c1. The highest BCUT2D eigenvalue weighted by atomic mass is 16.6. The molecule has 1 fully saturated rings. The highest BCUT2D eigenvalue weighted by Gasteiger charge is 2.21. The minimum absolute atomic E-state index is 0.0790. The first-order valence-corrected chi connectivity index (χ1v) is 5.46. The lowest BCUT2D eigenvalue weighted by Gasteiger charge is -2.00. The molecule has 1 aromatic heterocycles. The number of H-pyrrole nitrogens is 1. The Morgan fingerprint density at radius 1 is 1.53 bits per heavy atom. The van der Waals surface area contributed by atoms with Crippen molar-refractivity contribution in [2.24, 2.45) is 0 Å². The number of nitrogens with one attached hydrogen (secondary N) is 1. The Morgan fingerprint density at radius 2 is 2.41 bits per heavy atom. The molecule has 0 aliphatic carbocycles. The zero-order valence-corrected chi connectivity index (χ0v) is 9.05. The van der Waals surface area contributed by atoms with Gasteiger partial charge in [-0.05, 0) is 12.5 Å². The predicted molar refractivity (Wildman–Crippen MR) is 60.9 cm³/mol. The topological polar surface area (TPSA) is 81.1 Å². The molecule has 2 heterocycles. The van der Waals surface area contributed by atoms with Crippen LogP contribution in [0.1, 0.15) is 18.2 Å². The van der Waals surface area contributed by atoms with E-state index in [2.05, 4.69) is 9.97 Å². The summed E-state index contributed by atoms with van der Waals surface area (Å²) in [6.07, 6.45) is 0.946. The van der Waals surface area contributed by atoms with Gasteiger partial charge in [-0.1, -0.05) is 0 Å². The standard InChI is InChI=1S/C11H11N3O3/c15-14(16)8-1-2-9-10(5-8)13-11(12-9)7-3-4-17-6-7/h1-2,5,7H,3-4,6H2,(H,12,13). The maximum atomic E-state index is 10.7. The molecule has 6 nitrogen and oxygen atoms in total. The fraction of sp³-hybridized carbons (Fsp3) is 0.364. The summed E-state index contributed by atoms with van der Waals surface area (Å²) >= 11 is 0. The molecule has 6 heteroatoms. The molecular formula is C11H11N3O3. The maximum Gasteiger partial charge on any atom is 0.271 e. The van der Waals surface area contributed by atoms with Gasteiger partial charge in [-0.25, -0.2) is 4.98 Å². The highest BCUT2D eigenvalue weighted by molar-refractivity contribution is 5.77. The lowest BCUT2D eigenvalue weighted by atomic mass is 10.1. The molecule has 2 aromatic rings. The van der Waals surface area contributed by atoms with E-state index in [-0.39, 0.29) is 11.6 Å². The zero-order chi connectivity index (χ0) is 11.8. The van der Waals surface area contributed by atoms with Gasteiger partial charge in [0.1, 0.15) is 5.82 Å². The minimum atomic E-state index is -0.404. The Labute approximate surface area is 96.8 Å². The van der Waals surface area contributed by atoms with E-state index in [0.717, 1.165) is 24.4 Å². The zero-order valence-electron chi connectivity index (χ0n) is 9.05. The van der Waals surface area contributed by atoms with E-state index in [1.807, 2.05) is 0 Å². The second kappa shape index (κ2) is 3.81. The van der Waals surface area contributed by atoms with Gasteiger partial charge < -0.3 is 9.72 Å². The van der Waals surface area contributed by atoms with Gasteiger partial charge in [0, 0.05) is 24.7 Å². The second-order valence-electron chi connectivity index (χ2n) is 4.14. The van der Waals surface area contributed by atoms with Crippen molar-refractivity contribution < 1.29 is 9.66 Å². The van der Waals surface area contributed by atoms with Crippen LogP contribution in [0.25, 0.3) is 11.0 Å². The maximum absolute atomic E-state index is 10.7. The van der Waals surface area contributed by atoms with Crippen LogP contribution in [0, 0.1) is 10.1 Å². The number of aromatic nitrogens is 2. The van der Waals surface area contributed by atoms with E-state index in [4.69, 9.17) is 4.74 Å². The van der Waals surface area contributed by atoms with Crippen LogP contribution in [0.5, 0.6) is 0 Å². The molecule has 88 valence electrons. The van der Waals surface area contributed by atoms with Gasteiger partial charge in [0.25, 0.3) is 5.69 Å². The van der Waals surface area contributed by atoms with Crippen molar-refractivity contribution in [2.45, 2.75) is 12.3 Å². The number of aromatic amines is 1. The number of imidazole rings is 1. The van der Waals surface area contributed by atoms with Crippen molar-refractivity contribution in [2.75, 3.05) is 13.2 Å². The number of hydrogen-bond acceptors (Lipinski definition) is 4. The van der Waals surface area contributed by atoms with Crippen LogP contribution in [0.3, 0.4) is 0 Å². The monoisotopic (exact) mass is 233 g/mol. The minimum Gasteiger partial charge on any atom is -0.381 e. The quantitative estimate of drug-likeness (QED) is 0.635. The molecular weight excluding hydrogens is 222 g/mol. The van der Waals surface area contributed by atoms with Crippen LogP contribution in [-0.2, 0) is 4.74 Å². The third kappa shape index (κ3) is 1.76. The molecule has 3 rings (SSSR count). The van der Waals surface area contributed by atoms with Crippen LogP contribution in [0.15, 0.2) is 18.2 Å². The number of ether oxygens (including phenoxy) is 1. The molecule has 0 bridgehead atoms. The first-order chi connectivity index (χ1) is 8.24.